The molecule has 1 aromatic rings. The fourth-order valence-electron chi connectivity index (χ4n) is 2.84. The van der Waals surface area contributed by atoms with Gasteiger partial charge in [0.25, 0.3) is 0 Å². The lowest BCUT2D eigenvalue weighted by Gasteiger charge is -2.30. The summed E-state index contributed by atoms with van der Waals surface area (Å²) < 4.78 is 2.78. The Morgan fingerprint density at radius 3 is 2.65 bits per heavy atom. The molecule has 0 aromatic carbocycles. The fraction of sp³-hybridized carbons (Fsp3) is 0.833. The van der Waals surface area contributed by atoms with Crippen LogP contribution in [0.25, 0.3) is 0 Å². The fourth-order valence-corrected chi connectivity index (χ4v) is 3.42. The van der Waals surface area contributed by atoms with Crippen LogP contribution in [0.2, 0.25) is 0 Å². The lowest BCUT2D eigenvalue weighted by molar-refractivity contribution is 0.265. The minimum Gasteiger partial charge on any atom is -0.309 e. The van der Waals surface area contributed by atoms with E-state index in [2.05, 4.69) is 38.5 Å². The second-order valence-electron chi connectivity index (χ2n) is 4.82. The van der Waals surface area contributed by atoms with Gasteiger partial charge in [0.05, 0.1) is 11.7 Å². The zero-order chi connectivity index (χ0) is 12.3. The summed E-state index contributed by atoms with van der Waals surface area (Å²) in [6.45, 7) is 3.15. The summed E-state index contributed by atoms with van der Waals surface area (Å²) in [6, 6.07) is 0.384. The number of aryl methyl sites for hydroxylation is 1. The van der Waals surface area contributed by atoms with Crippen molar-refractivity contribution in [3.8, 4) is 0 Å². The molecule has 2 rings (SSSR count). The van der Waals surface area contributed by atoms with Crippen molar-refractivity contribution in [2.75, 3.05) is 6.54 Å². The van der Waals surface area contributed by atoms with Crippen LogP contribution in [0.15, 0.2) is 4.60 Å². The van der Waals surface area contributed by atoms with Crippen LogP contribution in [-0.4, -0.2) is 21.5 Å². The van der Waals surface area contributed by atoms with Crippen molar-refractivity contribution in [2.45, 2.75) is 45.1 Å². The highest BCUT2D eigenvalue weighted by Gasteiger charge is 2.28. The van der Waals surface area contributed by atoms with Gasteiger partial charge >= 0.3 is 0 Å². The molecule has 1 atom stereocenters. The van der Waals surface area contributed by atoms with Crippen molar-refractivity contribution >= 4 is 15.9 Å². The lowest BCUT2D eigenvalue weighted by atomic mass is 9.82. The van der Waals surface area contributed by atoms with Gasteiger partial charge in [-0.15, -0.1) is 5.10 Å². The molecule has 96 valence electrons. The molecule has 4 nitrogen and oxygen atoms in total. The van der Waals surface area contributed by atoms with Gasteiger partial charge in [-0.3, -0.25) is 0 Å². The van der Waals surface area contributed by atoms with Gasteiger partial charge in [-0.05, 0) is 41.2 Å². The van der Waals surface area contributed by atoms with Gasteiger partial charge in [0, 0.05) is 7.05 Å². The second-order valence-corrected chi connectivity index (χ2v) is 5.57. The Balaban J connectivity index is 2.21. The van der Waals surface area contributed by atoms with E-state index in [-0.39, 0.29) is 0 Å². The standard InChI is InChI=1S/C12H21BrN4/c1-3-14-10(9-7-5-4-6-8-9)11-12(13)15-16-17(11)2/h9-10,14H,3-8H2,1-2H3. The van der Waals surface area contributed by atoms with Gasteiger partial charge in [-0.1, -0.05) is 31.4 Å². The van der Waals surface area contributed by atoms with Gasteiger partial charge in [0.2, 0.25) is 0 Å². The average molecular weight is 301 g/mol. The Morgan fingerprint density at radius 2 is 2.12 bits per heavy atom. The van der Waals surface area contributed by atoms with Crippen LogP contribution in [0.3, 0.4) is 0 Å². The molecule has 0 amide bonds. The Bertz CT molecular complexity index is 338. The molecule has 0 aliphatic heterocycles. The predicted molar refractivity (Wildman–Crippen MR) is 71.7 cm³/mol. The summed E-state index contributed by atoms with van der Waals surface area (Å²) in [5.74, 6) is 0.720. The van der Waals surface area contributed by atoms with E-state index in [9.17, 15) is 0 Å². The van der Waals surface area contributed by atoms with E-state index < -0.39 is 0 Å². The van der Waals surface area contributed by atoms with Gasteiger partial charge in [-0.25, -0.2) is 4.68 Å². The smallest absolute Gasteiger partial charge is 0.153 e. The molecule has 1 aliphatic carbocycles. The highest BCUT2D eigenvalue weighted by Crippen LogP contribution is 2.36. The zero-order valence-corrected chi connectivity index (χ0v) is 12.2. The number of nitrogens with zero attached hydrogens (tertiary/aromatic N) is 3. The molecule has 1 saturated carbocycles. The first kappa shape index (κ1) is 13.0. The molecule has 0 saturated heterocycles. The Morgan fingerprint density at radius 1 is 1.41 bits per heavy atom. The summed E-state index contributed by atoms with van der Waals surface area (Å²) in [5.41, 5.74) is 1.19. The third-order valence-corrected chi connectivity index (χ3v) is 4.23. The summed E-state index contributed by atoms with van der Waals surface area (Å²) in [5, 5.41) is 11.8. The van der Waals surface area contributed by atoms with Crippen molar-refractivity contribution in [3.63, 3.8) is 0 Å². The van der Waals surface area contributed by atoms with Crippen LogP contribution in [0.4, 0.5) is 0 Å². The molecule has 1 heterocycles. The summed E-state index contributed by atoms with van der Waals surface area (Å²) in [4.78, 5) is 0. The first-order valence-electron chi connectivity index (χ1n) is 6.52. The predicted octanol–water partition coefficient (Wildman–Crippen LogP) is 2.81. The van der Waals surface area contributed by atoms with Gasteiger partial charge < -0.3 is 5.32 Å². The molecule has 1 aliphatic rings. The zero-order valence-electron chi connectivity index (χ0n) is 10.6. The molecule has 5 heteroatoms. The molecule has 0 bridgehead atoms. The Hall–Kier alpha value is -0.420. The average Bonchev–Trinajstić information content (AvgIpc) is 2.68. The van der Waals surface area contributed by atoms with Crippen molar-refractivity contribution in [1.29, 1.82) is 0 Å². The number of hydrogen-bond donors (Lipinski definition) is 1. The molecule has 1 N–H and O–H groups in total. The maximum absolute atomic E-state index is 4.10. The first-order chi connectivity index (χ1) is 8.24. The molecule has 17 heavy (non-hydrogen) atoms. The maximum Gasteiger partial charge on any atom is 0.153 e. The number of aromatic nitrogens is 3. The van der Waals surface area contributed by atoms with Crippen molar-refractivity contribution < 1.29 is 0 Å². The Kier molecular flexibility index (Phi) is 4.56. The minimum atomic E-state index is 0.384. The van der Waals surface area contributed by atoms with Crippen molar-refractivity contribution in [2.24, 2.45) is 13.0 Å². The van der Waals surface area contributed by atoms with Crippen LogP contribution >= 0.6 is 15.9 Å². The highest BCUT2D eigenvalue weighted by molar-refractivity contribution is 9.10. The van der Waals surface area contributed by atoms with E-state index in [4.69, 9.17) is 0 Å². The van der Waals surface area contributed by atoms with E-state index in [0.717, 1.165) is 17.1 Å². The number of rotatable bonds is 4. The topological polar surface area (TPSA) is 42.7 Å². The normalized spacial score (nSPS) is 19.5. The van der Waals surface area contributed by atoms with E-state index in [0.29, 0.717) is 6.04 Å². The third-order valence-electron chi connectivity index (χ3n) is 3.67. The number of nitrogens with one attached hydrogen (secondary N) is 1. The molecule has 1 fully saturated rings. The monoisotopic (exact) mass is 300 g/mol. The summed E-state index contributed by atoms with van der Waals surface area (Å²) in [7, 11) is 1.97. The number of halogens is 1. The minimum absolute atomic E-state index is 0.384. The summed E-state index contributed by atoms with van der Waals surface area (Å²) >= 11 is 3.52. The molecule has 0 radical (unpaired) electrons. The van der Waals surface area contributed by atoms with Gasteiger partial charge in [0.1, 0.15) is 0 Å². The highest BCUT2D eigenvalue weighted by atomic mass is 79.9. The maximum atomic E-state index is 4.10. The van der Waals surface area contributed by atoms with E-state index in [1.165, 1.54) is 37.8 Å². The van der Waals surface area contributed by atoms with E-state index in [1.54, 1.807) is 0 Å². The third kappa shape index (κ3) is 2.88. The van der Waals surface area contributed by atoms with Crippen LogP contribution in [-0.2, 0) is 7.05 Å². The first-order valence-corrected chi connectivity index (χ1v) is 7.31. The lowest BCUT2D eigenvalue weighted by Crippen LogP contribution is -2.31. The van der Waals surface area contributed by atoms with Crippen LogP contribution in [0.5, 0.6) is 0 Å². The van der Waals surface area contributed by atoms with Gasteiger partial charge in [-0.2, -0.15) is 0 Å². The quantitative estimate of drug-likeness (QED) is 0.930. The molecular weight excluding hydrogens is 280 g/mol. The van der Waals surface area contributed by atoms with E-state index in [1.807, 2.05) is 11.7 Å². The van der Waals surface area contributed by atoms with Crippen molar-refractivity contribution in [1.82, 2.24) is 20.3 Å². The van der Waals surface area contributed by atoms with Crippen LogP contribution in [0.1, 0.15) is 50.8 Å². The van der Waals surface area contributed by atoms with Gasteiger partial charge in [0.15, 0.2) is 4.60 Å². The molecule has 1 aromatic heterocycles. The molecule has 0 spiro atoms. The summed E-state index contributed by atoms with van der Waals surface area (Å²) in [6.07, 6.45) is 6.73. The van der Waals surface area contributed by atoms with E-state index >= 15 is 0 Å². The Labute approximate surface area is 111 Å². The molecule has 1 unspecified atom stereocenters. The molecular formula is C12H21BrN4. The van der Waals surface area contributed by atoms with Crippen molar-refractivity contribution in [3.05, 3.63) is 10.3 Å². The second kappa shape index (κ2) is 5.96. The van der Waals surface area contributed by atoms with Crippen LogP contribution < -0.4 is 5.32 Å². The largest absolute Gasteiger partial charge is 0.309 e. The van der Waals surface area contributed by atoms with Crippen LogP contribution in [0, 0.1) is 5.92 Å². The number of hydrogen-bond acceptors (Lipinski definition) is 3. The SMILES string of the molecule is CCNC(c1c(Br)nnn1C)C1CCCCC1.